The molecule has 3 rings (SSSR count). The zero-order chi connectivity index (χ0) is 14.2. The van der Waals surface area contributed by atoms with Crippen LogP contribution in [0.25, 0.3) is 0 Å². The predicted molar refractivity (Wildman–Crippen MR) is 82.7 cm³/mol. The van der Waals surface area contributed by atoms with E-state index in [0.717, 1.165) is 38.0 Å². The molecule has 3 nitrogen and oxygen atoms in total. The van der Waals surface area contributed by atoms with Crippen molar-refractivity contribution in [2.45, 2.75) is 82.4 Å². The fraction of sp³-hybridized carbons (Fsp3) is 1.00. The van der Waals surface area contributed by atoms with Crippen LogP contribution in [-0.2, 0) is 4.74 Å². The van der Waals surface area contributed by atoms with Crippen LogP contribution in [0.15, 0.2) is 0 Å². The van der Waals surface area contributed by atoms with Crippen LogP contribution in [0.1, 0.15) is 65.2 Å². The molecule has 0 spiro atoms. The second kappa shape index (κ2) is 5.58. The molecule has 0 radical (unpaired) electrons. The summed E-state index contributed by atoms with van der Waals surface area (Å²) >= 11 is 0. The van der Waals surface area contributed by atoms with Crippen molar-refractivity contribution in [3.8, 4) is 0 Å². The van der Waals surface area contributed by atoms with Crippen molar-refractivity contribution < 1.29 is 4.74 Å². The van der Waals surface area contributed by atoms with E-state index in [9.17, 15) is 0 Å². The lowest BCUT2D eigenvalue weighted by Crippen LogP contribution is -2.62. The van der Waals surface area contributed by atoms with Gasteiger partial charge in [0.2, 0.25) is 0 Å². The van der Waals surface area contributed by atoms with Crippen molar-refractivity contribution in [1.29, 1.82) is 0 Å². The van der Waals surface area contributed by atoms with Gasteiger partial charge in [0, 0.05) is 24.7 Å². The minimum Gasteiger partial charge on any atom is -0.375 e. The lowest BCUT2D eigenvalue weighted by molar-refractivity contribution is -0.124. The molecule has 3 fully saturated rings. The standard InChI is InChI=1S/C17H32N2O/c1-16(2)12-17(13-18,9-11-20-16)19-10-5-8-15(19)14-6-3-4-7-14/h14-15H,3-13,18H2,1-2H3. The third-order valence-corrected chi connectivity index (χ3v) is 6.05. The van der Waals surface area contributed by atoms with Gasteiger partial charge >= 0.3 is 0 Å². The molecular weight excluding hydrogens is 248 g/mol. The van der Waals surface area contributed by atoms with Crippen molar-refractivity contribution in [1.82, 2.24) is 4.90 Å². The van der Waals surface area contributed by atoms with Crippen molar-refractivity contribution in [2.75, 3.05) is 19.7 Å². The Morgan fingerprint density at radius 1 is 1.15 bits per heavy atom. The van der Waals surface area contributed by atoms with Crippen LogP contribution in [0.5, 0.6) is 0 Å². The third-order valence-electron chi connectivity index (χ3n) is 6.05. The number of nitrogens with two attached hydrogens (primary N) is 1. The summed E-state index contributed by atoms with van der Waals surface area (Å²) < 4.78 is 5.96. The highest BCUT2D eigenvalue weighted by Crippen LogP contribution is 2.44. The summed E-state index contributed by atoms with van der Waals surface area (Å²) in [4.78, 5) is 2.83. The van der Waals surface area contributed by atoms with Crippen LogP contribution in [0.4, 0.5) is 0 Å². The second-order valence-electron chi connectivity index (χ2n) is 7.91. The Morgan fingerprint density at radius 2 is 1.90 bits per heavy atom. The number of rotatable bonds is 3. The molecule has 0 aromatic rings. The van der Waals surface area contributed by atoms with Crippen LogP contribution in [-0.4, -0.2) is 41.8 Å². The normalized spacial score (nSPS) is 39.5. The highest BCUT2D eigenvalue weighted by atomic mass is 16.5. The number of hydrogen-bond donors (Lipinski definition) is 1. The van der Waals surface area contributed by atoms with E-state index < -0.39 is 0 Å². The molecule has 3 heteroatoms. The van der Waals surface area contributed by atoms with Gasteiger partial charge in [-0.3, -0.25) is 4.90 Å². The summed E-state index contributed by atoms with van der Waals surface area (Å²) in [5.41, 5.74) is 6.49. The number of nitrogens with zero attached hydrogens (tertiary/aromatic N) is 1. The Hall–Kier alpha value is -0.120. The van der Waals surface area contributed by atoms with Gasteiger partial charge in [-0.15, -0.1) is 0 Å². The van der Waals surface area contributed by atoms with Gasteiger partial charge in [-0.25, -0.2) is 0 Å². The summed E-state index contributed by atoms with van der Waals surface area (Å²) in [5, 5.41) is 0. The minimum absolute atomic E-state index is 0.0135. The van der Waals surface area contributed by atoms with Gasteiger partial charge in [0.25, 0.3) is 0 Å². The molecule has 2 heterocycles. The largest absolute Gasteiger partial charge is 0.375 e. The highest BCUT2D eigenvalue weighted by Gasteiger charge is 2.49. The van der Waals surface area contributed by atoms with E-state index in [1.54, 1.807) is 0 Å². The zero-order valence-electron chi connectivity index (χ0n) is 13.4. The third kappa shape index (κ3) is 2.65. The first-order valence-corrected chi connectivity index (χ1v) is 8.67. The average Bonchev–Trinajstić information content (AvgIpc) is 3.07. The van der Waals surface area contributed by atoms with Gasteiger partial charge in [-0.2, -0.15) is 0 Å². The molecule has 0 bridgehead atoms. The van der Waals surface area contributed by atoms with Crippen LogP contribution in [0.2, 0.25) is 0 Å². The van der Waals surface area contributed by atoms with Crippen molar-refractivity contribution in [2.24, 2.45) is 11.7 Å². The van der Waals surface area contributed by atoms with Crippen molar-refractivity contribution in [3.05, 3.63) is 0 Å². The Balaban J connectivity index is 1.80. The van der Waals surface area contributed by atoms with Crippen molar-refractivity contribution >= 4 is 0 Å². The Kier molecular flexibility index (Phi) is 4.13. The summed E-state index contributed by atoms with van der Waals surface area (Å²) in [5.74, 6) is 0.937. The first-order chi connectivity index (χ1) is 9.56. The zero-order valence-corrected chi connectivity index (χ0v) is 13.4. The van der Waals surface area contributed by atoms with Gasteiger partial charge in [0.05, 0.1) is 5.60 Å². The van der Waals surface area contributed by atoms with Crippen LogP contribution < -0.4 is 5.73 Å². The Labute approximate surface area is 124 Å². The fourth-order valence-electron chi connectivity index (χ4n) is 5.20. The van der Waals surface area contributed by atoms with Gasteiger partial charge < -0.3 is 10.5 Å². The molecule has 0 aromatic carbocycles. The molecule has 2 unspecified atom stereocenters. The minimum atomic E-state index is -0.0135. The SMILES string of the molecule is CC1(C)CC(CN)(N2CCCC2C2CCCC2)CCO1. The van der Waals surface area contributed by atoms with E-state index in [0.29, 0.717) is 0 Å². The van der Waals surface area contributed by atoms with E-state index >= 15 is 0 Å². The summed E-state index contributed by atoms with van der Waals surface area (Å²) in [6.45, 7) is 7.39. The van der Waals surface area contributed by atoms with E-state index in [-0.39, 0.29) is 11.1 Å². The molecule has 0 aromatic heterocycles. The van der Waals surface area contributed by atoms with E-state index in [4.69, 9.17) is 10.5 Å². The second-order valence-corrected chi connectivity index (χ2v) is 7.91. The number of likely N-dealkylation sites (tertiary alicyclic amines) is 1. The maximum Gasteiger partial charge on any atom is 0.0644 e. The predicted octanol–water partition coefficient (Wildman–Crippen LogP) is 2.93. The molecule has 1 aliphatic carbocycles. The molecule has 1 saturated carbocycles. The molecule has 3 aliphatic rings. The summed E-state index contributed by atoms with van der Waals surface area (Å²) in [6.07, 6.45) is 10.8. The monoisotopic (exact) mass is 280 g/mol. The molecule has 0 amide bonds. The molecule has 2 atom stereocenters. The number of ether oxygens (including phenoxy) is 1. The maximum absolute atomic E-state index is 6.30. The average molecular weight is 280 g/mol. The van der Waals surface area contributed by atoms with Gasteiger partial charge in [-0.1, -0.05) is 12.8 Å². The molecule has 2 N–H and O–H groups in total. The Morgan fingerprint density at radius 3 is 2.55 bits per heavy atom. The topological polar surface area (TPSA) is 38.5 Å². The Bertz CT molecular complexity index is 338. The summed E-state index contributed by atoms with van der Waals surface area (Å²) in [7, 11) is 0. The van der Waals surface area contributed by atoms with E-state index in [1.807, 2.05) is 0 Å². The van der Waals surface area contributed by atoms with Crippen LogP contribution in [0.3, 0.4) is 0 Å². The highest BCUT2D eigenvalue weighted by molar-refractivity contribution is 5.04. The van der Waals surface area contributed by atoms with Crippen LogP contribution in [0, 0.1) is 5.92 Å². The van der Waals surface area contributed by atoms with Crippen molar-refractivity contribution in [3.63, 3.8) is 0 Å². The van der Waals surface area contributed by atoms with Gasteiger partial charge in [-0.05, 0) is 64.8 Å². The molecule has 20 heavy (non-hydrogen) atoms. The quantitative estimate of drug-likeness (QED) is 0.864. The first-order valence-electron chi connectivity index (χ1n) is 8.67. The lowest BCUT2D eigenvalue weighted by atomic mass is 9.78. The molecule has 2 aliphatic heterocycles. The fourth-order valence-corrected chi connectivity index (χ4v) is 5.20. The molecule has 2 saturated heterocycles. The first kappa shape index (κ1) is 14.8. The number of hydrogen-bond acceptors (Lipinski definition) is 3. The molecule has 116 valence electrons. The van der Waals surface area contributed by atoms with E-state index in [1.165, 1.54) is 45.1 Å². The summed E-state index contributed by atoms with van der Waals surface area (Å²) in [6, 6.07) is 0.801. The molecular formula is C17H32N2O. The van der Waals surface area contributed by atoms with Gasteiger partial charge in [0.1, 0.15) is 0 Å². The van der Waals surface area contributed by atoms with Crippen LogP contribution >= 0.6 is 0 Å². The smallest absolute Gasteiger partial charge is 0.0644 e. The maximum atomic E-state index is 6.30. The van der Waals surface area contributed by atoms with E-state index in [2.05, 4.69) is 18.7 Å². The van der Waals surface area contributed by atoms with Gasteiger partial charge in [0.15, 0.2) is 0 Å². The lowest BCUT2D eigenvalue weighted by Gasteiger charge is -2.52.